The average Bonchev–Trinajstić information content (AvgIpc) is 2.33. The first-order valence-electron chi connectivity index (χ1n) is 4.56. The minimum atomic E-state index is -0.366. The Morgan fingerprint density at radius 1 is 1.31 bits per heavy atom. The van der Waals surface area contributed by atoms with Crippen LogP contribution in [0.4, 0.5) is 5.69 Å². The van der Waals surface area contributed by atoms with Crippen molar-refractivity contribution in [2.45, 2.75) is 0 Å². The van der Waals surface area contributed by atoms with Gasteiger partial charge < -0.3 is 10.7 Å². The lowest BCUT2D eigenvalue weighted by Crippen LogP contribution is -2.13. The van der Waals surface area contributed by atoms with Gasteiger partial charge in [-0.3, -0.25) is 4.79 Å². The lowest BCUT2D eigenvalue weighted by Gasteiger charge is -2.02. The largest absolute Gasteiger partial charge is 0.392 e. The van der Waals surface area contributed by atoms with Crippen molar-refractivity contribution in [3.05, 3.63) is 46.5 Å². The summed E-state index contributed by atoms with van der Waals surface area (Å²) in [5, 5.41) is 8.65. The summed E-state index contributed by atoms with van der Waals surface area (Å²) in [6, 6.07) is 8.72. The minimum absolute atomic E-state index is 0.0761. The predicted octanol–water partition coefficient (Wildman–Crippen LogP) is 0.891. The summed E-state index contributed by atoms with van der Waals surface area (Å²) in [5.74, 6) is 0. The van der Waals surface area contributed by atoms with Crippen molar-refractivity contribution in [2.24, 2.45) is 0 Å². The fourth-order valence-corrected chi connectivity index (χ4v) is 1.34. The first kappa shape index (κ1) is 9.93. The van der Waals surface area contributed by atoms with Crippen LogP contribution in [0.5, 0.6) is 0 Å². The van der Waals surface area contributed by atoms with Crippen LogP contribution in [0.1, 0.15) is 5.56 Å². The summed E-state index contributed by atoms with van der Waals surface area (Å²) in [5.41, 5.74) is 7.01. The van der Waals surface area contributed by atoms with Gasteiger partial charge in [-0.15, -0.1) is 0 Å². The quantitative estimate of drug-likeness (QED) is 0.733. The van der Waals surface area contributed by atoms with E-state index >= 15 is 0 Å². The molecule has 1 aromatic carbocycles. The smallest absolute Gasteiger partial charge is 0.274 e. The Kier molecular flexibility index (Phi) is 2.40. The molecule has 0 spiro atoms. The highest BCUT2D eigenvalue weighted by atomic mass is 16.1. The zero-order valence-corrected chi connectivity index (χ0v) is 8.27. The van der Waals surface area contributed by atoms with E-state index in [0.29, 0.717) is 16.8 Å². The summed E-state index contributed by atoms with van der Waals surface area (Å²) in [4.78, 5) is 17.7. The average molecular weight is 212 g/mol. The van der Waals surface area contributed by atoms with Crippen molar-refractivity contribution in [1.29, 1.82) is 5.26 Å². The summed E-state index contributed by atoms with van der Waals surface area (Å²) >= 11 is 0. The Balaban J connectivity index is 2.56. The van der Waals surface area contributed by atoms with Gasteiger partial charge >= 0.3 is 0 Å². The third kappa shape index (κ3) is 1.64. The fourth-order valence-electron chi connectivity index (χ4n) is 1.34. The Morgan fingerprint density at radius 2 is 2.00 bits per heavy atom. The van der Waals surface area contributed by atoms with Crippen molar-refractivity contribution in [1.82, 2.24) is 9.97 Å². The number of hydrogen-bond donors (Lipinski definition) is 2. The molecule has 16 heavy (non-hydrogen) atoms. The molecule has 0 aliphatic carbocycles. The van der Waals surface area contributed by atoms with Gasteiger partial charge in [-0.25, -0.2) is 4.98 Å². The van der Waals surface area contributed by atoms with Crippen molar-refractivity contribution in [2.75, 3.05) is 5.73 Å². The molecular formula is C11H8N4O. The number of nitrogens with two attached hydrogens (primary N) is 1. The highest BCUT2D eigenvalue weighted by molar-refractivity contribution is 5.71. The van der Waals surface area contributed by atoms with Crippen LogP contribution in [0, 0.1) is 11.3 Å². The number of nitriles is 1. The first-order valence-corrected chi connectivity index (χ1v) is 4.56. The molecule has 0 unspecified atom stereocenters. The van der Waals surface area contributed by atoms with E-state index < -0.39 is 0 Å². The number of aromatic nitrogens is 2. The molecule has 0 bridgehead atoms. The van der Waals surface area contributed by atoms with Gasteiger partial charge in [-0.2, -0.15) is 5.26 Å². The maximum absolute atomic E-state index is 11.3. The second kappa shape index (κ2) is 3.87. The van der Waals surface area contributed by atoms with E-state index in [4.69, 9.17) is 11.0 Å². The third-order valence-electron chi connectivity index (χ3n) is 2.18. The normalized spacial score (nSPS) is 9.69. The van der Waals surface area contributed by atoms with E-state index in [2.05, 4.69) is 9.97 Å². The summed E-state index contributed by atoms with van der Waals surface area (Å²) in [6.07, 6.45) is 1.30. The van der Waals surface area contributed by atoms with Crippen LogP contribution in [0.2, 0.25) is 0 Å². The van der Waals surface area contributed by atoms with Gasteiger partial charge in [0.05, 0.1) is 18.0 Å². The molecule has 0 aliphatic heterocycles. The number of hydrogen-bond acceptors (Lipinski definition) is 4. The highest BCUT2D eigenvalue weighted by Gasteiger charge is 2.06. The topological polar surface area (TPSA) is 95.6 Å². The van der Waals surface area contributed by atoms with E-state index in [1.807, 2.05) is 6.07 Å². The van der Waals surface area contributed by atoms with Crippen LogP contribution < -0.4 is 11.3 Å². The molecule has 2 rings (SSSR count). The van der Waals surface area contributed by atoms with Crippen molar-refractivity contribution < 1.29 is 0 Å². The second-order valence-electron chi connectivity index (χ2n) is 3.18. The molecule has 0 saturated carbocycles. The first-order chi connectivity index (χ1) is 7.72. The Hall–Kier alpha value is -2.61. The van der Waals surface area contributed by atoms with Crippen LogP contribution in [0.3, 0.4) is 0 Å². The number of rotatable bonds is 1. The molecule has 5 heteroatoms. The monoisotopic (exact) mass is 212 g/mol. The van der Waals surface area contributed by atoms with Crippen molar-refractivity contribution in [3.63, 3.8) is 0 Å². The maximum Gasteiger partial charge on any atom is 0.274 e. The van der Waals surface area contributed by atoms with Crippen LogP contribution in [-0.2, 0) is 0 Å². The third-order valence-corrected chi connectivity index (χ3v) is 2.18. The number of nitrogen functional groups attached to an aromatic ring is 1. The molecule has 0 aliphatic rings. The summed E-state index contributed by atoms with van der Waals surface area (Å²) in [6.45, 7) is 0. The molecule has 0 radical (unpaired) electrons. The van der Waals surface area contributed by atoms with Gasteiger partial charge in [0.2, 0.25) is 0 Å². The molecule has 3 N–H and O–H groups in total. The number of anilines is 1. The molecule has 0 amide bonds. The van der Waals surface area contributed by atoms with Crippen LogP contribution in [0.15, 0.2) is 35.4 Å². The molecule has 0 fully saturated rings. The lowest BCUT2D eigenvalue weighted by atomic mass is 10.1. The van der Waals surface area contributed by atoms with Crippen molar-refractivity contribution in [3.8, 4) is 17.3 Å². The van der Waals surface area contributed by atoms with Crippen LogP contribution in [-0.4, -0.2) is 9.97 Å². The SMILES string of the molecule is N#Cc1ccc(-c2nc[nH]c(=O)c2N)cc1. The fraction of sp³-hybridized carbons (Fsp3) is 0. The van der Waals surface area contributed by atoms with Gasteiger partial charge in [0, 0.05) is 5.56 Å². The Bertz CT molecular complexity index is 607. The molecule has 2 aromatic rings. The predicted molar refractivity (Wildman–Crippen MR) is 59.4 cm³/mol. The van der Waals surface area contributed by atoms with Gasteiger partial charge in [0.15, 0.2) is 0 Å². The molecule has 5 nitrogen and oxygen atoms in total. The number of aromatic amines is 1. The molecule has 0 saturated heterocycles. The number of benzene rings is 1. The van der Waals surface area contributed by atoms with Gasteiger partial charge in [-0.1, -0.05) is 12.1 Å². The lowest BCUT2D eigenvalue weighted by molar-refractivity contribution is 1.13. The van der Waals surface area contributed by atoms with E-state index in [-0.39, 0.29) is 11.2 Å². The maximum atomic E-state index is 11.3. The van der Waals surface area contributed by atoms with Crippen LogP contribution in [0.25, 0.3) is 11.3 Å². The highest BCUT2D eigenvalue weighted by Crippen LogP contribution is 2.20. The number of nitrogens with one attached hydrogen (secondary N) is 1. The van der Waals surface area contributed by atoms with E-state index in [1.54, 1.807) is 24.3 Å². The van der Waals surface area contributed by atoms with E-state index in [1.165, 1.54) is 6.33 Å². The van der Waals surface area contributed by atoms with E-state index in [0.717, 1.165) is 0 Å². The molecule has 78 valence electrons. The molecule has 0 atom stereocenters. The second-order valence-corrected chi connectivity index (χ2v) is 3.18. The van der Waals surface area contributed by atoms with Crippen LogP contribution >= 0.6 is 0 Å². The number of H-pyrrole nitrogens is 1. The Labute approximate surface area is 91.2 Å². The van der Waals surface area contributed by atoms with Gasteiger partial charge in [0.1, 0.15) is 11.4 Å². The zero-order valence-electron chi connectivity index (χ0n) is 8.27. The summed E-state index contributed by atoms with van der Waals surface area (Å²) < 4.78 is 0. The number of nitrogens with zero attached hydrogens (tertiary/aromatic N) is 2. The standard InChI is InChI=1S/C11H8N4O/c12-5-7-1-3-8(4-2-7)10-9(13)11(16)15-6-14-10/h1-4,6H,13H2,(H,14,15,16). The van der Waals surface area contributed by atoms with E-state index in [9.17, 15) is 4.79 Å². The van der Waals surface area contributed by atoms with Crippen molar-refractivity contribution >= 4 is 5.69 Å². The Morgan fingerprint density at radius 3 is 2.62 bits per heavy atom. The zero-order chi connectivity index (χ0) is 11.5. The molecule has 1 heterocycles. The van der Waals surface area contributed by atoms with Gasteiger partial charge in [0.25, 0.3) is 5.56 Å². The summed E-state index contributed by atoms with van der Waals surface area (Å²) in [7, 11) is 0. The van der Waals surface area contributed by atoms with Gasteiger partial charge in [-0.05, 0) is 12.1 Å². The minimum Gasteiger partial charge on any atom is -0.392 e. The molecule has 1 aromatic heterocycles. The molecular weight excluding hydrogens is 204 g/mol.